The van der Waals surface area contributed by atoms with Gasteiger partial charge in [0.05, 0.1) is 5.69 Å². The maximum Gasteiger partial charge on any atom is 0.124 e. The number of para-hydroxylation sites is 1. The molecular formula is C17H20N2O. The Labute approximate surface area is 120 Å². The standard InChI is InChI=1S/C17H20N2O/c1-17(2)11-15(14-8-3-4-9-16(14)20-17)19-12-13-7-5-6-10-18-13/h3-10,15,19H,11-12H2,1-2H3. The zero-order valence-corrected chi connectivity index (χ0v) is 12.0. The molecule has 1 unspecified atom stereocenters. The maximum absolute atomic E-state index is 6.05. The first-order chi connectivity index (χ1) is 9.64. The quantitative estimate of drug-likeness (QED) is 0.925. The van der Waals surface area contributed by atoms with Crippen LogP contribution in [0.4, 0.5) is 0 Å². The molecule has 0 radical (unpaired) electrons. The predicted octanol–water partition coefficient (Wildman–Crippen LogP) is 3.47. The van der Waals surface area contributed by atoms with Gasteiger partial charge in [-0.1, -0.05) is 24.3 Å². The van der Waals surface area contributed by atoms with E-state index in [2.05, 4.69) is 36.3 Å². The summed E-state index contributed by atoms with van der Waals surface area (Å²) in [6.45, 7) is 5.05. The van der Waals surface area contributed by atoms with E-state index in [4.69, 9.17) is 4.74 Å². The molecule has 3 heteroatoms. The summed E-state index contributed by atoms with van der Waals surface area (Å²) in [6.07, 6.45) is 2.79. The molecule has 20 heavy (non-hydrogen) atoms. The molecule has 2 aromatic rings. The summed E-state index contributed by atoms with van der Waals surface area (Å²) in [5, 5.41) is 3.61. The van der Waals surface area contributed by atoms with E-state index in [1.165, 1.54) is 5.56 Å². The second-order valence-corrected chi connectivity index (χ2v) is 5.86. The van der Waals surface area contributed by atoms with E-state index in [-0.39, 0.29) is 5.60 Å². The van der Waals surface area contributed by atoms with E-state index in [0.717, 1.165) is 24.4 Å². The lowest BCUT2D eigenvalue weighted by atomic mass is 9.89. The Morgan fingerprint density at radius 1 is 1.20 bits per heavy atom. The smallest absolute Gasteiger partial charge is 0.124 e. The minimum Gasteiger partial charge on any atom is -0.487 e. The SMILES string of the molecule is CC1(C)CC(NCc2ccccn2)c2ccccc2O1. The molecule has 0 aliphatic carbocycles. The Morgan fingerprint density at radius 3 is 2.80 bits per heavy atom. The second-order valence-electron chi connectivity index (χ2n) is 5.86. The molecule has 3 rings (SSSR count). The van der Waals surface area contributed by atoms with Crippen molar-refractivity contribution in [2.75, 3.05) is 0 Å². The monoisotopic (exact) mass is 268 g/mol. The molecule has 2 heterocycles. The van der Waals surface area contributed by atoms with Crippen LogP contribution in [0, 0.1) is 0 Å². The first-order valence-electron chi connectivity index (χ1n) is 7.05. The highest BCUT2D eigenvalue weighted by Crippen LogP contribution is 2.39. The van der Waals surface area contributed by atoms with Crippen LogP contribution in [0.15, 0.2) is 48.7 Å². The van der Waals surface area contributed by atoms with E-state index in [9.17, 15) is 0 Å². The third kappa shape index (κ3) is 2.83. The molecule has 1 aliphatic rings. The highest BCUT2D eigenvalue weighted by Gasteiger charge is 2.33. The predicted molar refractivity (Wildman–Crippen MR) is 79.6 cm³/mol. The molecule has 1 atom stereocenters. The molecular weight excluding hydrogens is 248 g/mol. The first kappa shape index (κ1) is 13.1. The lowest BCUT2D eigenvalue weighted by Gasteiger charge is -2.38. The van der Waals surface area contributed by atoms with Crippen molar-refractivity contribution in [3.63, 3.8) is 0 Å². The average molecular weight is 268 g/mol. The van der Waals surface area contributed by atoms with Gasteiger partial charge in [-0.15, -0.1) is 0 Å². The molecule has 0 saturated heterocycles. The summed E-state index contributed by atoms with van der Waals surface area (Å²) in [5.41, 5.74) is 2.16. The van der Waals surface area contributed by atoms with Gasteiger partial charge in [0.2, 0.25) is 0 Å². The Morgan fingerprint density at radius 2 is 2.00 bits per heavy atom. The van der Waals surface area contributed by atoms with E-state index < -0.39 is 0 Å². The van der Waals surface area contributed by atoms with Crippen LogP contribution in [0.3, 0.4) is 0 Å². The molecule has 1 aromatic carbocycles. The summed E-state index contributed by atoms with van der Waals surface area (Å²) in [7, 11) is 0. The van der Waals surface area contributed by atoms with E-state index in [1.54, 1.807) is 0 Å². The summed E-state index contributed by atoms with van der Waals surface area (Å²) < 4.78 is 6.05. The van der Waals surface area contributed by atoms with Gasteiger partial charge in [0.25, 0.3) is 0 Å². The van der Waals surface area contributed by atoms with Gasteiger partial charge in [0.1, 0.15) is 11.4 Å². The number of ether oxygens (including phenoxy) is 1. The topological polar surface area (TPSA) is 34.2 Å². The van der Waals surface area contributed by atoms with Crippen molar-refractivity contribution >= 4 is 0 Å². The molecule has 1 N–H and O–H groups in total. The van der Waals surface area contributed by atoms with Crippen molar-refractivity contribution in [1.82, 2.24) is 10.3 Å². The van der Waals surface area contributed by atoms with Crippen LogP contribution in [0.2, 0.25) is 0 Å². The fourth-order valence-electron chi connectivity index (χ4n) is 2.71. The average Bonchev–Trinajstić information content (AvgIpc) is 2.45. The van der Waals surface area contributed by atoms with Crippen LogP contribution in [0.25, 0.3) is 0 Å². The van der Waals surface area contributed by atoms with Crippen molar-refractivity contribution in [3.8, 4) is 5.75 Å². The molecule has 0 saturated carbocycles. The zero-order valence-electron chi connectivity index (χ0n) is 12.0. The van der Waals surface area contributed by atoms with Crippen molar-refractivity contribution in [1.29, 1.82) is 0 Å². The Hall–Kier alpha value is -1.87. The number of pyridine rings is 1. The largest absolute Gasteiger partial charge is 0.487 e. The Balaban J connectivity index is 1.79. The molecule has 1 aromatic heterocycles. The number of aromatic nitrogens is 1. The maximum atomic E-state index is 6.05. The zero-order chi connectivity index (χ0) is 14.0. The lowest BCUT2D eigenvalue weighted by Crippen LogP contribution is -2.39. The number of hydrogen-bond acceptors (Lipinski definition) is 3. The lowest BCUT2D eigenvalue weighted by molar-refractivity contribution is 0.0656. The normalized spacial score (nSPS) is 20.0. The minimum absolute atomic E-state index is 0.143. The molecule has 1 aliphatic heterocycles. The number of rotatable bonds is 3. The van der Waals surface area contributed by atoms with E-state index in [0.29, 0.717) is 6.04 Å². The molecule has 0 amide bonds. The van der Waals surface area contributed by atoms with E-state index >= 15 is 0 Å². The summed E-state index contributed by atoms with van der Waals surface area (Å²) in [5.74, 6) is 0.988. The summed E-state index contributed by atoms with van der Waals surface area (Å²) in [4.78, 5) is 4.36. The fraction of sp³-hybridized carbons (Fsp3) is 0.353. The summed E-state index contributed by atoms with van der Waals surface area (Å²) >= 11 is 0. The molecule has 104 valence electrons. The van der Waals surface area contributed by atoms with Gasteiger partial charge in [0.15, 0.2) is 0 Å². The third-order valence-electron chi connectivity index (χ3n) is 3.63. The summed E-state index contributed by atoms with van der Waals surface area (Å²) in [6, 6.07) is 14.6. The van der Waals surface area contributed by atoms with Gasteiger partial charge < -0.3 is 10.1 Å². The molecule has 0 bridgehead atoms. The van der Waals surface area contributed by atoms with Gasteiger partial charge in [-0.25, -0.2) is 0 Å². The van der Waals surface area contributed by atoms with Crippen molar-refractivity contribution < 1.29 is 4.74 Å². The molecule has 0 spiro atoms. The van der Waals surface area contributed by atoms with Crippen LogP contribution in [-0.2, 0) is 6.54 Å². The highest BCUT2D eigenvalue weighted by molar-refractivity contribution is 5.38. The van der Waals surface area contributed by atoms with Gasteiger partial charge in [0, 0.05) is 30.8 Å². The number of hydrogen-bond donors (Lipinski definition) is 1. The number of fused-ring (bicyclic) bond motifs is 1. The fourth-order valence-corrected chi connectivity index (χ4v) is 2.71. The van der Waals surface area contributed by atoms with Crippen LogP contribution >= 0.6 is 0 Å². The highest BCUT2D eigenvalue weighted by atomic mass is 16.5. The van der Waals surface area contributed by atoms with Gasteiger partial charge in [-0.2, -0.15) is 0 Å². The molecule has 3 nitrogen and oxygen atoms in total. The van der Waals surface area contributed by atoms with Crippen LogP contribution in [0.1, 0.15) is 37.6 Å². The number of nitrogens with zero attached hydrogens (tertiary/aromatic N) is 1. The van der Waals surface area contributed by atoms with Crippen molar-refractivity contribution in [2.45, 2.75) is 38.5 Å². The van der Waals surface area contributed by atoms with Crippen molar-refractivity contribution in [2.24, 2.45) is 0 Å². The third-order valence-corrected chi connectivity index (χ3v) is 3.63. The second kappa shape index (κ2) is 5.25. The van der Waals surface area contributed by atoms with Crippen LogP contribution in [-0.4, -0.2) is 10.6 Å². The first-order valence-corrected chi connectivity index (χ1v) is 7.05. The molecule has 0 fully saturated rings. The minimum atomic E-state index is -0.143. The number of nitrogens with one attached hydrogen (secondary N) is 1. The Bertz CT molecular complexity index is 581. The van der Waals surface area contributed by atoms with Gasteiger partial charge in [-0.3, -0.25) is 4.98 Å². The van der Waals surface area contributed by atoms with Crippen molar-refractivity contribution in [3.05, 3.63) is 59.9 Å². The van der Waals surface area contributed by atoms with Gasteiger partial charge >= 0.3 is 0 Å². The van der Waals surface area contributed by atoms with Gasteiger partial charge in [-0.05, 0) is 32.0 Å². The van der Waals surface area contributed by atoms with Crippen LogP contribution < -0.4 is 10.1 Å². The number of benzene rings is 1. The Kier molecular flexibility index (Phi) is 3.45. The van der Waals surface area contributed by atoms with E-state index in [1.807, 2.05) is 36.5 Å². The van der Waals surface area contributed by atoms with Crippen LogP contribution in [0.5, 0.6) is 5.75 Å².